The van der Waals surface area contributed by atoms with Gasteiger partial charge in [0.1, 0.15) is 0 Å². The molecule has 27 heavy (non-hydrogen) atoms. The molecule has 0 saturated carbocycles. The fraction of sp³-hybridized carbons (Fsp3) is 0.167. The van der Waals surface area contributed by atoms with Crippen molar-refractivity contribution in [2.24, 2.45) is 4.99 Å². The van der Waals surface area contributed by atoms with E-state index in [1.807, 2.05) is 54.6 Å². The van der Waals surface area contributed by atoms with Crippen LogP contribution in [-0.4, -0.2) is 11.9 Å². The predicted octanol–water partition coefficient (Wildman–Crippen LogP) is 5.48. The van der Waals surface area contributed by atoms with Crippen LogP contribution in [0.5, 0.6) is 0 Å². The Bertz CT molecular complexity index is 1080. The molecule has 3 heteroatoms. The highest BCUT2D eigenvalue weighted by atomic mass is 16.6. The highest BCUT2D eigenvalue weighted by Crippen LogP contribution is 2.26. The molecule has 0 saturated heterocycles. The van der Waals surface area contributed by atoms with Crippen LogP contribution in [0, 0.1) is 0 Å². The second-order valence-corrected chi connectivity index (χ2v) is 7.73. The Hall–Kier alpha value is -3.20. The van der Waals surface area contributed by atoms with E-state index in [1.165, 1.54) is 5.56 Å². The van der Waals surface area contributed by atoms with Crippen LogP contribution >= 0.6 is 0 Å². The van der Waals surface area contributed by atoms with Gasteiger partial charge in [0, 0.05) is 5.56 Å². The van der Waals surface area contributed by atoms with Gasteiger partial charge in [0.25, 0.3) is 0 Å². The molecule has 134 valence electrons. The third-order valence-corrected chi connectivity index (χ3v) is 4.72. The standard InChI is InChI=1S/C24H21NO2/c1-24(2,3)18-13-11-16(12-14-18)15-21-23(26)27-22(25-21)20-10-6-8-17-7-4-5-9-19(17)20/h4-15H,1-3H3/b21-15+. The monoisotopic (exact) mass is 355 g/mol. The molecular weight excluding hydrogens is 334 g/mol. The second kappa shape index (κ2) is 6.51. The van der Waals surface area contributed by atoms with Gasteiger partial charge in [-0.05, 0) is 39.5 Å². The molecule has 0 atom stereocenters. The third kappa shape index (κ3) is 3.41. The van der Waals surface area contributed by atoms with Gasteiger partial charge >= 0.3 is 5.97 Å². The van der Waals surface area contributed by atoms with Gasteiger partial charge in [-0.2, -0.15) is 0 Å². The van der Waals surface area contributed by atoms with Gasteiger partial charge in [0.05, 0.1) is 0 Å². The lowest BCUT2D eigenvalue weighted by Gasteiger charge is -2.18. The van der Waals surface area contributed by atoms with E-state index >= 15 is 0 Å². The molecule has 0 aliphatic carbocycles. The summed E-state index contributed by atoms with van der Waals surface area (Å²) in [5, 5.41) is 2.10. The van der Waals surface area contributed by atoms with Crippen molar-refractivity contribution < 1.29 is 9.53 Å². The number of carbonyl (C=O) groups excluding carboxylic acids is 1. The van der Waals surface area contributed by atoms with Crippen LogP contribution in [0.2, 0.25) is 0 Å². The van der Waals surface area contributed by atoms with Crippen molar-refractivity contribution in [1.82, 2.24) is 0 Å². The second-order valence-electron chi connectivity index (χ2n) is 7.73. The lowest BCUT2D eigenvalue weighted by Crippen LogP contribution is -2.10. The lowest BCUT2D eigenvalue weighted by molar-refractivity contribution is -0.129. The Morgan fingerprint density at radius 2 is 1.59 bits per heavy atom. The molecule has 1 aliphatic rings. The van der Waals surface area contributed by atoms with Crippen molar-refractivity contribution >= 4 is 28.7 Å². The minimum Gasteiger partial charge on any atom is -0.402 e. The number of ether oxygens (including phenoxy) is 1. The summed E-state index contributed by atoms with van der Waals surface area (Å²) in [6.45, 7) is 6.53. The van der Waals surface area contributed by atoms with E-state index in [-0.39, 0.29) is 5.41 Å². The molecular formula is C24H21NO2. The Morgan fingerprint density at radius 3 is 2.33 bits per heavy atom. The Morgan fingerprint density at radius 1 is 0.889 bits per heavy atom. The zero-order chi connectivity index (χ0) is 19.0. The Labute approximate surface area is 159 Å². The highest BCUT2D eigenvalue weighted by Gasteiger charge is 2.25. The summed E-state index contributed by atoms with van der Waals surface area (Å²) in [6.07, 6.45) is 1.77. The quantitative estimate of drug-likeness (QED) is 0.451. The number of cyclic esters (lactones) is 1. The van der Waals surface area contributed by atoms with Gasteiger partial charge in [0.15, 0.2) is 5.70 Å². The Balaban J connectivity index is 1.70. The molecule has 3 aromatic rings. The first-order valence-corrected chi connectivity index (χ1v) is 9.03. The number of hydrogen-bond acceptors (Lipinski definition) is 3. The number of carbonyl (C=O) groups is 1. The molecule has 1 aliphatic heterocycles. The number of hydrogen-bond donors (Lipinski definition) is 0. The molecule has 1 heterocycles. The smallest absolute Gasteiger partial charge is 0.363 e. The maximum Gasteiger partial charge on any atom is 0.363 e. The first-order chi connectivity index (χ1) is 12.9. The van der Waals surface area contributed by atoms with Gasteiger partial charge in [-0.1, -0.05) is 81.4 Å². The van der Waals surface area contributed by atoms with Crippen molar-refractivity contribution in [3.8, 4) is 0 Å². The summed E-state index contributed by atoms with van der Waals surface area (Å²) in [5.74, 6) is -0.0628. The van der Waals surface area contributed by atoms with E-state index in [0.29, 0.717) is 11.6 Å². The summed E-state index contributed by atoms with van der Waals surface area (Å²) >= 11 is 0. The molecule has 4 rings (SSSR count). The summed E-state index contributed by atoms with van der Waals surface area (Å²) in [7, 11) is 0. The topological polar surface area (TPSA) is 38.7 Å². The van der Waals surface area contributed by atoms with Gasteiger partial charge in [-0.15, -0.1) is 0 Å². The maximum absolute atomic E-state index is 12.3. The summed E-state index contributed by atoms with van der Waals surface area (Å²) in [6, 6.07) is 22.1. The van der Waals surface area contributed by atoms with Crippen molar-refractivity contribution in [3.05, 3.63) is 89.1 Å². The fourth-order valence-electron chi connectivity index (χ4n) is 3.17. The SMILES string of the molecule is CC(C)(C)c1ccc(/C=C2/N=C(c3cccc4ccccc34)OC2=O)cc1. The average Bonchev–Trinajstić information content (AvgIpc) is 3.01. The molecule has 0 spiro atoms. The van der Waals surface area contributed by atoms with Crippen LogP contribution in [0.3, 0.4) is 0 Å². The first kappa shape index (κ1) is 17.2. The van der Waals surface area contributed by atoms with E-state index in [4.69, 9.17) is 4.74 Å². The minimum absolute atomic E-state index is 0.0949. The number of esters is 1. The molecule has 0 fully saturated rings. The predicted molar refractivity (Wildman–Crippen MR) is 110 cm³/mol. The summed E-state index contributed by atoms with van der Waals surface area (Å²) < 4.78 is 5.46. The van der Waals surface area contributed by atoms with Crippen molar-refractivity contribution in [1.29, 1.82) is 0 Å². The van der Waals surface area contributed by atoms with E-state index in [9.17, 15) is 4.79 Å². The Kier molecular flexibility index (Phi) is 4.15. The van der Waals surface area contributed by atoms with E-state index in [2.05, 4.69) is 37.9 Å². The van der Waals surface area contributed by atoms with Crippen molar-refractivity contribution in [2.45, 2.75) is 26.2 Å². The minimum atomic E-state index is -0.419. The van der Waals surface area contributed by atoms with Crippen LogP contribution in [0.25, 0.3) is 16.8 Å². The fourth-order valence-corrected chi connectivity index (χ4v) is 3.17. The number of benzene rings is 3. The lowest BCUT2D eigenvalue weighted by atomic mass is 9.87. The molecule has 0 bridgehead atoms. The molecule has 0 amide bonds. The molecule has 0 N–H and O–H groups in total. The van der Waals surface area contributed by atoms with Gasteiger partial charge in [0.2, 0.25) is 5.90 Å². The van der Waals surface area contributed by atoms with Gasteiger partial charge < -0.3 is 4.74 Å². The maximum atomic E-state index is 12.3. The highest BCUT2D eigenvalue weighted by molar-refractivity contribution is 6.17. The summed E-state index contributed by atoms with van der Waals surface area (Å²) in [4.78, 5) is 16.8. The van der Waals surface area contributed by atoms with Gasteiger partial charge in [-0.3, -0.25) is 0 Å². The molecule has 0 aromatic heterocycles. The van der Waals surface area contributed by atoms with E-state index in [0.717, 1.165) is 21.9 Å². The van der Waals surface area contributed by atoms with Crippen LogP contribution in [0.4, 0.5) is 0 Å². The molecule has 0 unspecified atom stereocenters. The first-order valence-electron chi connectivity index (χ1n) is 9.03. The molecule has 0 radical (unpaired) electrons. The molecule has 3 aromatic carbocycles. The van der Waals surface area contributed by atoms with Crippen LogP contribution < -0.4 is 0 Å². The molecule has 3 nitrogen and oxygen atoms in total. The number of fused-ring (bicyclic) bond motifs is 1. The third-order valence-electron chi connectivity index (χ3n) is 4.72. The van der Waals surface area contributed by atoms with Crippen LogP contribution in [0.15, 0.2) is 77.4 Å². The normalized spacial score (nSPS) is 15.9. The number of aliphatic imine (C=N–C) groups is 1. The number of rotatable bonds is 2. The zero-order valence-electron chi connectivity index (χ0n) is 15.7. The van der Waals surface area contributed by atoms with Crippen LogP contribution in [-0.2, 0) is 14.9 Å². The zero-order valence-corrected chi connectivity index (χ0v) is 15.7. The van der Waals surface area contributed by atoms with E-state index < -0.39 is 5.97 Å². The largest absolute Gasteiger partial charge is 0.402 e. The number of nitrogens with zero attached hydrogens (tertiary/aromatic N) is 1. The van der Waals surface area contributed by atoms with Crippen molar-refractivity contribution in [3.63, 3.8) is 0 Å². The summed E-state index contributed by atoms with van der Waals surface area (Å²) in [5.41, 5.74) is 3.42. The van der Waals surface area contributed by atoms with E-state index in [1.54, 1.807) is 6.08 Å². The van der Waals surface area contributed by atoms with Crippen molar-refractivity contribution in [2.75, 3.05) is 0 Å². The van der Waals surface area contributed by atoms with Crippen LogP contribution in [0.1, 0.15) is 37.5 Å². The average molecular weight is 355 g/mol. The van der Waals surface area contributed by atoms with Gasteiger partial charge in [-0.25, -0.2) is 9.79 Å².